The minimum atomic E-state index is 0.0584. The minimum Gasteiger partial charge on any atom is -0.368 e. The lowest BCUT2D eigenvalue weighted by atomic mass is 9.84. The number of carbonyl (C=O) groups excluding carboxylic acids is 2. The van der Waals surface area contributed by atoms with Crippen LogP contribution in [0.2, 0.25) is 0 Å². The van der Waals surface area contributed by atoms with Crippen LogP contribution in [-0.2, 0) is 9.59 Å². The van der Waals surface area contributed by atoms with Gasteiger partial charge in [0.15, 0.2) is 0 Å². The van der Waals surface area contributed by atoms with Crippen LogP contribution in [0.3, 0.4) is 0 Å². The Labute approximate surface area is 170 Å². The van der Waals surface area contributed by atoms with Crippen molar-refractivity contribution in [2.75, 3.05) is 36.4 Å². The average Bonchev–Trinajstić information content (AvgIpc) is 2.61. The van der Waals surface area contributed by atoms with Gasteiger partial charge in [0.25, 0.3) is 0 Å². The third-order valence-electron chi connectivity index (χ3n) is 5.11. The number of carbonyl (C=O) groups is 2. The standard InChI is InChI=1S/C23H37N3O2/c1-6-7-21(27)24-19-8-10-20(11-9-19)25-12-14-26(15-13-25)22(28)16-18(2)17-23(3,4)5/h8-11,18H,6-7,12-17H2,1-5H3,(H,24,27). The summed E-state index contributed by atoms with van der Waals surface area (Å²) in [5.41, 5.74) is 2.24. The highest BCUT2D eigenvalue weighted by Crippen LogP contribution is 2.27. The molecule has 1 fully saturated rings. The second kappa shape index (κ2) is 9.94. The van der Waals surface area contributed by atoms with E-state index in [0.29, 0.717) is 18.8 Å². The van der Waals surface area contributed by atoms with E-state index in [-0.39, 0.29) is 17.2 Å². The van der Waals surface area contributed by atoms with Crippen LogP contribution >= 0.6 is 0 Å². The Hall–Kier alpha value is -2.04. The number of piperazine rings is 1. The van der Waals surface area contributed by atoms with Crippen molar-refractivity contribution in [2.24, 2.45) is 11.3 Å². The van der Waals surface area contributed by atoms with Crippen molar-refractivity contribution >= 4 is 23.2 Å². The molecule has 156 valence electrons. The summed E-state index contributed by atoms with van der Waals surface area (Å²) in [5.74, 6) is 0.759. The first kappa shape index (κ1) is 22.3. The molecule has 1 aromatic rings. The smallest absolute Gasteiger partial charge is 0.224 e. The fourth-order valence-electron chi connectivity index (χ4n) is 3.96. The Morgan fingerprint density at radius 1 is 1.07 bits per heavy atom. The van der Waals surface area contributed by atoms with E-state index in [1.54, 1.807) is 0 Å². The van der Waals surface area contributed by atoms with Crippen molar-refractivity contribution in [3.8, 4) is 0 Å². The zero-order valence-electron chi connectivity index (χ0n) is 18.3. The second-order valence-corrected chi connectivity index (χ2v) is 9.29. The maximum atomic E-state index is 12.6. The van der Waals surface area contributed by atoms with Gasteiger partial charge in [-0.3, -0.25) is 9.59 Å². The van der Waals surface area contributed by atoms with Gasteiger partial charge in [0.2, 0.25) is 11.8 Å². The number of anilines is 2. The molecule has 5 heteroatoms. The lowest BCUT2D eigenvalue weighted by Crippen LogP contribution is -2.49. The molecule has 1 aromatic carbocycles. The molecule has 1 aliphatic heterocycles. The van der Waals surface area contributed by atoms with Gasteiger partial charge in [0.1, 0.15) is 0 Å². The predicted octanol–water partition coefficient (Wildman–Crippen LogP) is 4.54. The van der Waals surface area contributed by atoms with Crippen molar-refractivity contribution < 1.29 is 9.59 Å². The lowest BCUT2D eigenvalue weighted by Gasteiger charge is -2.37. The fourth-order valence-corrected chi connectivity index (χ4v) is 3.96. The van der Waals surface area contributed by atoms with Crippen LogP contribution in [-0.4, -0.2) is 42.9 Å². The van der Waals surface area contributed by atoms with Gasteiger partial charge in [-0.1, -0.05) is 34.6 Å². The molecule has 0 spiro atoms. The van der Waals surface area contributed by atoms with Crippen LogP contribution in [0.15, 0.2) is 24.3 Å². The Balaban J connectivity index is 1.81. The first-order chi connectivity index (χ1) is 13.2. The van der Waals surface area contributed by atoms with E-state index in [1.165, 1.54) is 0 Å². The maximum absolute atomic E-state index is 12.6. The summed E-state index contributed by atoms with van der Waals surface area (Å²) in [6.07, 6.45) is 3.11. The number of nitrogens with zero attached hydrogens (tertiary/aromatic N) is 2. The monoisotopic (exact) mass is 387 g/mol. The minimum absolute atomic E-state index is 0.0584. The van der Waals surface area contributed by atoms with Crippen molar-refractivity contribution in [1.82, 2.24) is 4.90 Å². The highest BCUT2D eigenvalue weighted by atomic mass is 16.2. The quantitative estimate of drug-likeness (QED) is 0.747. The molecule has 0 aromatic heterocycles. The summed E-state index contributed by atoms with van der Waals surface area (Å²) in [4.78, 5) is 28.6. The highest BCUT2D eigenvalue weighted by molar-refractivity contribution is 5.90. The van der Waals surface area contributed by atoms with E-state index in [2.05, 4.69) is 37.9 Å². The van der Waals surface area contributed by atoms with Crippen molar-refractivity contribution in [1.29, 1.82) is 0 Å². The van der Waals surface area contributed by atoms with Gasteiger partial charge in [-0.15, -0.1) is 0 Å². The van der Waals surface area contributed by atoms with E-state index < -0.39 is 0 Å². The summed E-state index contributed by atoms with van der Waals surface area (Å²) < 4.78 is 0. The van der Waals surface area contributed by atoms with E-state index in [9.17, 15) is 9.59 Å². The molecule has 1 unspecified atom stereocenters. The number of nitrogens with one attached hydrogen (secondary N) is 1. The SMILES string of the molecule is CCCC(=O)Nc1ccc(N2CCN(C(=O)CC(C)CC(C)(C)C)CC2)cc1. The van der Waals surface area contributed by atoms with Gasteiger partial charge in [-0.2, -0.15) is 0 Å². The van der Waals surface area contributed by atoms with Gasteiger partial charge >= 0.3 is 0 Å². The topological polar surface area (TPSA) is 52.7 Å². The molecule has 1 N–H and O–H groups in total. The van der Waals surface area contributed by atoms with Crippen molar-refractivity contribution in [2.45, 2.75) is 60.3 Å². The molecule has 1 saturated heterocycles. The molecule has 0 radical (unpaired) electrons. The van der Waals surface area contributed by atoms with Crippen LogP contribution in [0.25, 0.3) is 0 Å². The van der Waals surface area contributed by atoms with Gasteiger partial charge < -0.3 is 15.1 Å². The van der Waals surface area contributed by atoms with Gasteiger partial charge in [-0.25, -0.2) is 0 Å². The summed E-state index contributed by atoms with van der Waals surface area (Å²) in [6.45, 7) is 14.1. The molecular weight excluding hydrogens is 350 g/mol. The predicted molar refractivity (Wildman–Crippen MR) is 117 cm³/mol. The van der Waals surface area contributed by atoms with E-state index in [4.69, 9.17) is 0 Å². The molecule has 5 nitrogen and oxygen atoms in total. The van der Waals surface area contributed by atoms with Crippen LogP contribution < -0.4 is 10.2 Å². The summed E-state index contributed by atoms with van der Waals surface area (Å²) in [7, 11) is 0. The molecule has 1 aliphatic rings. The first-order valence-corrected chi connectivity index (χ1v) is 10.6. The number of hydrogen-bond acceptors (Lipinski definition) is 3. The largest absolute Gasteiger partial charge is 0.368 e. The van der Waals surface area contributed by atoms with Crippen molar-refractivity contribution in [3.05, 3.63) is 24.3 Å². The van der Waals surface area contributed by atoms with Gasteiger partial charge in [-0.05, 0) is 48.4 Å². The molecule has 2 rings (SSSR count). The lowest BCUT2D eigenvalue weighted by molar-refractivity contribution is -0.132. The number of benzene rings is 1. The van der Waals surface area contributed by atoms with Crippen molar-refractivity contribution in [3.63, 3.8) is 0 Å². The Morgan fingerprint density at radius 3 is 2.21 bits per heavy atom. The number of hydrogen-bond donors (Lipinski definition) is 1. The molecule has 2 amide bonds. The molecule has 1 heterocycles. The van der Waals surface area contributed by atoms with E-state index in [0.717, 1.165) is 50.4 Å². The number of amides is 2. The third kappa shape index (κ3) is 7.17. The number of rotatable bonds is 7. The molecule has 0 saturated carbocycles. The zero-order chi connectivity index (χ0) is 20.7. The maximum Gasteiger partial charge on any atom is 0.224 e. The second-order valence-electron chi connectivity index (χ2n) is 9.29. The molecular formula is C23H37N3O2. The van der Waals surface area contributed by atoms with Gasteiger partial charge in [0, 0.05) is 50.4 Å². The van der Waals surface area contributed by atoms with Crippen LogP contribution in [0.1, 0.15) is 60.3 Å². The summed E-state index contributed by atoms with van der Waals surface area (Å²) in [5, 5.41) is 2.92. The normalized spacial score (nSPS) is 16.0. The third-order valence-corrected chi connectivity index (χ3v) is 5.11. The molecule has 1 atom stereocenters. The fraction of sp³-hybridized carbons (Fsp3) is 0.652. The zero-order valence-corrected chi connectivity index (χ0v) is 18.3. The summed E-state index contributed by atoms with van der Waals surface area (Å²) in [6, 6.07) is 8.00. The molecule has 28 heavy (non-hydrogen) atoms. The van der Waals surface area contributed by atoms with Crippen LogP contribution in [0.4, 0.5) is 11.4 Å². The Bertz CT molecular complexity index is 641. The van der Waals surface area contributed by atoms with E-state index >= 15 is 0 Å². The van der Waals surface area contributed by atoms with Gasteiger partial charge in [0.05, 0.1) is 0 Å². The Morgan fingerprint density at radius 2 is 1.68 bits per heavy atom. The molecule has 0 aliphatic carbocycles. The highest BCUT2D eigenvalue weighted by Gasteiger charge is 2.24. The first-order valence-electron chi connectivity index (χ1n) is 10.6. The van der Waals surface area contributed by atoms with E-state index in [1.807, 2.05) is 36.1 Å². The van der Waals surface area contributed by atoms with Crippen LogP contribution in [0.5, 0.6) is 0 Å². The molecule has 0 bridgehead atoms. The van der Waals surface area contributed by atoms with Crippen LogP contribution in [0, 0.1) is 11.3 Å². The average molecular weight is 388 g/mol. The summed E-state index contributed by atoms with van der Waals surface area (Å²) >= 11 is 0. The Kier molecular flexibility index (Phi) is 7.90.